The number of nitrogens with two attached hydrogens (primary N) is 1. The molecule has 3 nitrogen and oxygen atoms in total. The number of carbonyl (C=O) groups excluding carboxylic acids is 1. The Kier molecular flexibility index (Phi) is 2.96. The highest BCUT2D eigenvalue weighted by Crippen LogP contribution is 2.41. The molecule has 1 aliphatic heterocycles. The number of carbonyl (C=O) groups is 1. The fourth-order valence-corrected chi connectivity index (χ4v) is 3.61. The van der Waals surface area contributed by atoms with E-state index in [2.05, 4.69) is 47.4 Å². The van der Waals surface area contributed by atoms with Crippen LogP contribution >= 0.6 is 0 Å². The highest BCUT2D eigenvalue weighted by Gasteiger charge is 2.43. The van der Waals surface area contributed by atoms with Gasteiger partial charge in [0.2, 0.25) is 5.91 Å². The van der Waals surface area contributed by atoms with Gasteiger partial charge < -0.3 is 10.6 Å². The average Bonchev–Trinajstić information content (AvgIpc) is 3.33. The minimum atomic E-state index is 0.0323. The second-order valence-corrected chi connectivity index (χ2v) is 6.25. The van der Waals surface area contributed by atoms with Crippen molar-refractivity contribution in [1.82, 2.24) is 4.90 Å². The Labute approximate surface area is 124 Å². The molecular formula is C18H20N2O. The lowest BCUT2D eigenvalue weighted by atomic mass is 9.87. The number of nitrogens with zero attached hydrogens (tertiary/aromatic N) is 1. The lowest BCUT2D eigenvalue weighted by molar-refractivity contribution is -0.138. The molecule has 2 aromatic carbocycles. The van der Waals surface area contributed by atoms with Crippen LogP contribution in [0.1, 0.15) is 37.3 Å². The summed E-state index contributed by atoms with van der Waals surface area (Å²) >= 11 is 0. The van der Waals surface area contributed by atoms with Gasteiger partial charge in [0.05, 0.1) is 6.04 Å². The Morgan fingerprint density at radius 3 is 2.57 bits per heavy atom. The van der Waals surface area contributed by atoms with E-state index >= 15 is 0 Å². The molecule has 1 heterocycles. The molecule has 1 saturated heterocycles. The molecule has 21 heavy (non-hydrogen) atoms. The molecule has 0 radical (unpaired) electrons. The van der Waals surface area contributed by atoms with Crippen LogP contribution in [0.5, 0.6) is 0 Å². The minimum absolute atomic E-state index is 0.0323. The van der Waals surface area contributed by atoms with E-state index < -0.39 is 0 Å². The van der Waals surface area contributed by atoms with Crippen molar-refractivity contribution in [2.24, 2.45) is 5.73 Å². The van der Waals surface area contributed by atoms with Gasteiger partial charge in [0.1, 0.15) is 0 Å². The smallest absolute Gasteiger partial charge is 0.223 e. The standard InChI is InChI=1S/C18H20N2O/c19-16-10-11-17(21)20(13-8-9-13)18(16)15-7-3-5-12-4-1-2-6-14(12)15/h1-7,13,16,18H,8-11,19H2. The molecule has 1 amide bonds. The Hall–Kier alpha value is -1.87. The number of likely N-dealkylation sites (tertiary alicyclic amines) is 1. The zero-order valence-corrected chi connectivity index (χ0v) is 12.0. The van der Waals surface area contributed by atoms with Crippen LogP contribution in [0, 0.1) is 0 Å². The second-order valence-electron chi connectivity index (χ2n) is 6.25. The van der Waals surface area contributed by atoms with Crippen LogP contribution in [0.25, 0.3) is 10.8 Å². The van der Waals surface area contributed by atoms with Crippen LogP contribution in [0.4, 0.5) is 0 Å². The summed E-state index contributed by atoms with van der Waals surface area (Å²) < 4.78 is 0. The Morgan fingerprint density at radius 1 is 1.00 bits per heavy atom. The van der Waals surface area contributed by atoms with Crippen molar-refractivity contribution in [2.75, 3.05) is 0 Å². The molecule has 2 atom stereocenters. The van der Waals surface area contributed by atoms with E-state index in [1.54, 1.807) is 0 Å². The number of fused-ring (bicyclic) bond motifs is 1. The monoisotopic (exact) mass is 280 g/mol. The SMILES string of the molecule is NC1CCC(=O)N(C2CC2)C1c1cccc2ccccc12. The molecule has 3 heteroatoms. The first-order chi connectivity index (χ1) is 10.3. The predicted molar refractivity (Wildman–Crippen MR) is 83.8 cm³/mol. The number of rotatable bonds is 2. The Balaban J connectivity index is 1.86. The largest absolute Gasteiger partial charge is 0.331 e. The van der Waals surface area contributed by atoms with Gasteiger partial charge in [-0.3, -0.25) is 4.79 Å². The normalized spacial score (nSPS) is 26.3. The molecule has 1 aliphatic carbocycles. The fraction of sp³-hybridized carbons (Fsp3) is 0.389. The van der Waals surface area contributed by atoms with Gasteiger partial charge in [-0.25, -0.2) is 0 Å². The topological polar surface area (TPSA) is 46.3 Å². The second kappa shape index (κ2) is 4.85. The van der Waals surface area contributed by atoms with Gasteiger partial charge in [-0.15, -0.1) is 0 Å². The van der Waals surface area contributed by atoms with Crippen molar-refractivity contribution in [3.8, 4) is 0 Å². The van der Waals surface area contributed by atoms with Crippen molar-refractivity contribution in [3.63, 3.8) is 0 Å². The van der Waals surface area contributed by atoms with E-state index in [4.69, 9.17) is 5.73 Å². The molecule has 0 spiro atoms. The number of hydrogen-bond donors (Lipinski definition) is 1. The maximum Gasteiger partial charge on any atom is 0.223 e. The van der Waals surface area contributed by atoms with Gasteiger partial charge in [0.25, 0.3) is 0 Å². The molecule has 2 aromatic rings. The summed E-state index contributed by atoms with van der Waals surface area (Å²) in [4.78, 5) is 14.5. The highest BCUT2D eigenvalue weighted by atomic mass is 16.2. The van der Waals surface area contributed by atoms with Crippen LogP contribution in [-0.2, 0) is 4.79 Å². The average molecular weight is 280 g/mol. The molecule has 4 rings (SSSR count). The number of amides is 1. The van der Waals surface area contributed by atoms with E-state index in [9.17, 15) is 4.79 Å². The van der Waals surface area contributed by atoms with Crippen LogP contribution < -0.4 is 5.73 Å². The van der Waals surface area contributed by atoms with E-state index in [0.29, 0.717) is 12.5 Å². The first-order valence-electron chi connectivity index (χ1n) is 7.80. The summed E-state index contributed by atoms with van der Waals surface area (Å²) in [5, 5.41) is 2.44. The first-order valence-corrected chi connectivity index (χ1v) is 7.80. The molecule has 1 saturated carbocycles. The number of hydrogen-bond acceptors (Lipinski definition) is 2. The minimum Gasteiger partial charge on any atom is -0.331 e. The van der Waals surface area contributed by atoms with Crippen molar-refractivity contribution >= 4 is 16.7 Å². The third-order valence-electron chi connectivity index (χ3n) is 4.77. The molecule has 2 fully saturated rings. The molecule has 0 aromatic heterocycles. The van der Waals surface area contributed by atoms with Crippen molar-refractivity contribution in [3.05, 3.63) is 48.0 Å². The van der Waals surface area contributed by atoms with Crippen LogP contribution in [0.15, 0.2) is 42.5 Å². The highest BCUT2D eigenvalue weighted by molar-refractivity contribution is 5.87. The lowest BCUT2D eigenvalue weighted by Crippen LogP contribution is -2.49. The first kappa shape index (κ1) is 12.8. The summed E-state index contributed by atoms with van der Waals surface area (Å²) in [7, 11) is 0. The number of benzene rings is 2. The molecule has 2 aliphatic rings. The van der Waals surface area contributed by atoms with Gasteiger partial charge >= 0.3 is 0 Å². The Bertz CT molecular complexity index is 687. The van der Waals surface area contributed by atoms with Gasteiger partial charge in [-0.05, 0) is 35.6 Å². The summed E-state index contributed by atoms with van der Waals surface area (Å²) in [6.45, 7) is 0. The van der Waals surface area contributed by atoms with Crippen LogP contribution in [-0.4, -0.2) is 22.9 Å². The van der Waals surface area contributed by atoms with E-state index in [0.717, 1.165) is 19.3 Å². The molecule has 108 valence electrons. The predicted octanol–water partition coefficient (Wildman–Crippen LogP) is 2.99. The van der Waals surface area contributed by atoms with E-state index in [1.807, 2.05) is 0 Å². The maximum atomic E-state index is 12.4. The van der Waals surface area contributed by atoms with Gasteiger partial charge in [-0.2, -0.15) is 0 Å². The zero-order chi connectivity index (χ0) is 14.4. The van der Waals surface area contributed by atoms with E-state index in [1.165, 1.54) is 16.3 Å². The third-order valence-corrected chi connectivity index (χ3v) is 4.77. The summed E-state index contributed by atoms with van der Waals surface area (Å²) in [5.41, 5.74) is 7.64. The van der Waals surface area contributed by atoms with Gasteiger partial charge in [0.15, 0.2) is 0 Å². The van der Waals surface area contributed by atoms with Gasteiger partial charge in [0, 0.05) is 18.5 Å². The van der Waals surface area contributed by atoms with Gasteiger partial charge in [-0.1, -0.05) is 42.5 Å². The molecule has 2 unspecified atom stereocenters. The Morgan fingerprint density at radius 2 is 1.76 bits per heavy atom. The van der Waals surface area contributed by atoms with Crippen LogP contribution in [0.2, 0.25) is 0 Å². The molecular weight excluding hydrogens is 260 g/mol. The van der Waals surface area contributed by atoms with E-state index in [-0.39, 0.29) is 18.0 Å². The number of piperidine rings is 1. The molecule has 2 N–H and O–H groups in total. The quantitative estimate of drug-likeness (QED) is 0.919. The van der Waals surface area contributed by atoms with Crippen molar-refractivity contribution < 1.29 is 4.79 Å². The summed E-state index contributed by atoms with van der Waals surface area (Å²) in [5.74, 6) is 0.275. The lowest BCUT2D eigenvalue weighted by Gasteiger charge is -2.40. The van der Waals surface area contributed by atoms with Crippen molar-refractivity contribution in [2.45, 2.75) is 43.8 Å². The summed E-state index contributed by atoms with van der Waals surface area (Å²) in [6, 6.07) is 15.2. The zero-order valence-electron chi connectivity index (χ0n) is 12.0. The maximum absolute atomic E-state index is 12.4. The van der Waals surface area contributed by atoms with Crippen molar-refractivity contribution in [1.29, 1.82) is 0 Å². The molecule has 0 bridgehead atoms. The third kappa shape index (κ3) is 2.12. The fourth-order valence-electron chi connectivity index (χ4n) is 3.61. The summed E-state index contributed by atoms with van der Waals surface area (Å²) in [6.07, 6.45) is 3.63. The van der Waals surface area contributed by atoms with Crippen LogP contribution in [0.3, 0.4) is 0 Å².